The second-order valence-electron chi connectivity index (χ2n) is 11.9. The normalized spacial score (nSPS) is 21.1. The fourth-order valence-electron chi connectivity index (χ4n) is 4.87. The third kappa shape index (κ3) is 6.40. The number of aryl methyl sites for hydroxylation is 2. The van der Waals surface area contributed by atoms with E-state index in [9.17, 15) is 4.79 Å². The van der Waals surface area contributed by atoms with Crippen LogP contribution in [0.3, 0.4) is 0 Å². The van der Waals surface area contributed by atoms with E-state index < -0.39 is 11.0 Å². The predicted octanol–water partition coefficient (Wildman–Crippen LogP) is 5.43. The van der Waals surface area contributed by atoms with Gasteiger partial charge in [-0.15, -0.1) is 0 Å². The quantitative estimate of drug-likeness (QED) is 0.529. The van der Waals surface area contributed by atoms with Crippen LogP contribution in [0.1, 0.15) is 85.2 Å². The molecule has 2 aromatic heterocycles. The molecule has 2 aromatic rings. The third-order valence-corrected chi connectivity index (χ3v) is 6.39. The van der Waals surface area contributed by atoms with Crippen molar-refractivity contribution >= 4 is 17.6 Å². The smallest absolute Gasteiger partial charge is 0.313 e. The van der Waals surface area contributed by atoms with Crippen LogP contribution in [-0.2, 0) is 27.9 Å². The fraction of sp³-hybridized carbons (Fsp3) is 0.667. The first-order valence-corrected chi connectivity index (χ1v) is 12.6. The van der Waals surface area contributed by atoms with Crippen molar-refractivity contribution in [1.29, 1.82) is 0 Å². The fourth-order valence-corrected chi connectivity index (χ4v) is 4.87. The summed E-state index contributed by atoms with van der Waals surface area (Å²) in [6.07, 6.45) is 1.85. The largest absolute Gasteiger partial charge is 0.460 e. The Morgan fingerprint density at radius 3 is 2.49 bits per heavy atom. The molecule has 7 nitrogen and oxygen atoms in total. The number of anilines is 2. The molecule has 1 saturated heterocycles. The van der Waals surface area contributed by atoms with Crippen LogP contribution in [0.25, 0.3) is 0 Å². The van der Waals surface area contributed by atoms with E-state index >= 15 is 4.39 Å². The molecule has 0 saturated carbocycles. The number of hydrogen-bond acceptors (Lipinski definition) is 6. The highest BCUT2D eigenvalue weighted by atomic mass is 19.1. The van der Waals surface area contributed by atoms with E-state index in [1.54, 1.807) is 6.07 Å². The zero-order valence-electron chi connectivity index (χ0n) is 22.8. The summed E-state index contributed by atoms with van der Waals surface area (Å²) in [6.45, 7) is 18.5. The molecule has 1 fully saturated rings. The highest BCUT2D eigenvalue weighted by Gasteiger charge is 2.45. The molecule has 194 valence electrons. The number of aromatic nitrogens is 3. The summed E-state index contributed by atoms with van der Waals surface area (Å²) in [6, 6.07) is 3.81. The van der Waals surface area contributed by atoms with Gasteiger partial charge in [0.15, 0.2) is 5.82 Å². The van der Waals surface area contributed by atoms with E-state index in [-0.39, 0.29) is 29.8 Å². The van der Waals surface area contributed by atoms with Gasteiger partial charge >= 0.3 is 5.97 Å². The van der Waals surface area contributed by atoms with Gasteiger partial charge in [0, 0.05) is 24.2 Å². The van der Waals surface area contributed by atoms with Gasteiger partial charge in [-0.3, -0.25) is 9.48 Å². The monoisotopic (exact) mass is 487 g/mol. The molecule has 0 aliphatic carbocycles. The Morgan fingerprint density at radius 1 is 1.26 bits per heavy atom. The van der Waals surface area contributed by atoms with E-state index in [0.717, 1.165) is 5.69 Å². The van der Waals surface area contributed by atoms with E-state index in [0.29, 0.717) is 48.7 Å². The molecule has 0 radical (unpaired) electrons. The number of halogens is 1. The highest BCUT2D eigenvalue weighted by Crippen LogP contribution is 2.38. The predicted molar refractivity (Wildman–Crippen MR) is 137 cm³/mol. The minimum absolute atomic E-state index is 0.121. The van der Waals surface area contributed by atoms with Crippen molar-refractivity contribution in [3.8, 4) is 0 Å². The molecule has 35 heavy (non-hydrogen) atoms. The lowest BCUT2D eigenvalue weighted by atomic mass is 9.72. The molecule has 1 aliphatic rings. The summed E-state index contributed by atoms with van der Waals surface area (Å²) in [4.78, 5) is 18.1. The lowest BCUT2D eigenvalue weighted by Crippen LogP contribution is -2.50. The highest BCUT2D eigenvalue weighted by molar-refractivity contribution is 5.78. The molecule has 0 spiro atoms. The van der Waals surface area contributed by atoms with Gasteiger partial charge in [0.2, 0.25) is 0 Å². The number of esters is 1. The number of nitrogens with one attached hydrogen (secondary N) is 2. The first-order chi connectivity index (χ1) is 16.1. The molecular weight excluding hydrogens is 445 g/mol. The maximum absolute atomic E-state index is 15.6. The summed E-state index contributed by atoms with van der Waals surface area (Å²) in [5.41, 5.74) is 0.257. The van der Waals surface area contributed by atoms with Gasteiger partial charge in [-0.1, -0.05) is 6.92 Å². The summed E-state index contributed by atoms with van der Waals surface area (Å²) >= 11 is 0. The number of hydrogen-bond donors (Lipinski definition) is 2. The van der Waals surface area contributed by atoms with Gasteiger partial charge in [0.25, 0.3) is 0 Å². The Bertz CT molecular complexity index is 1070. The Kier molecular flexibility index (Phi) is 7.65. The molecule has 8 heteroatoms. The van der Waals surface area contributed by atoms with E-state index in [1.807, 2.05) is 52.3 Å². The molecule has 1 aliphatic heterocycles. The molecule has 0 aromatic carbocycles. The summed E-state index contributed by atoms with van der Waals surface area (Å²) in [5.74, 6) is 0.555. The van der Waals surface area contributed by atoms with Crippen LogP contribution in [0, 0.1) is 18.2 Å². The van der Waals surface area contributed by atoms with Gasteiger partial charge in [-0.2, -0.15) is 5.10 Å². The van der Waals surface area contributed by atoms with Gasteiger partial charge in [0.05, 0.1) is 16.6 Å². The van der Waals surface area contributed by atoms with Crippen molar-refractivity contribution in [3.63, 3.8) is 0 Å². The molecule has 3 heterocycles. The molecule has 0 amide bonds. The number of ether oxygens (including phenoxy) is 1. The van der Waals surface area contributed by atoms with Crippen LogP contribution in [0.5, 0.6) is 0 Å². The molecular formula is C27H42FN5O2. The van der Waals surface area contributed by atoms with Crippen molar-refractivity contribution in [1.82, 2.24) is 20.1 Å². The average Bonchev–Trinajstić information content (AvgIpc) is 3.09. The summed E-state index contributed by atoms with van der Waals surface area (Å²) in [5, 5.41) is 11.3. The first-order valence-electron chi connectivity index (χ1n) is 12.6. The minimum atomic E-state index is -0.834. The van der Waals surface area contributed by atoms with Crippen LogP contribution in [-0.4, -0.2) is 38.9 Å². The zero-order chi connectivity index (χ0) is 26.2. The standard InChI is InChI=1S/C27H42FN5O2/c1-10-19-14-21(31-22-13-18(3)33(32-22)25(4,5)6)30-20(23(19)28)16-27(11-12-29-17(2)15-27)24(34)35-26(7,8)9/h13-14,17,29H,10-12,15-16H2,1-9H3,(H,30,31,32). The Morgan fingerprint density at radius 2 is 1.94 bits per heavy atom. The maximum Gasteiger partial charge on any atom is 0.313 e. The van der Waals surface area contributed by atoms with Crippen molar-refractivity contribution < 1.29 is 13.9 Å². The minimum Gasteiger partial charge on any atom is -0.460 e. The molecule has 2 unspecified atom stereocenters. The van der Waals surface area contributed by atoms with Crippen LogP contribution < -0.4 is 10.6 Å². The lowest BCUT2D eigenvalue weighted by molar-refractivity contribution is -0.170. The average molecular weight is 488 g/mol. The van der Waals surface area contributed by atoms with E-state index in [2.05, 4.69) is 41.5 Å². The molecule has 0 bridgehead atoms. The van der Waals surface area contributed by atoms with E-state index in [1.165, 1.54) is 0 Å². The summed E-state index contributed by atoms with van der Waals surface area (Å²) in [7, 11) is 0. The number of carbonyl (C=O) groups is 1. The lowest BCUT2D eigenvalue weighted by Gasteiger charge is -2.40. The van der Waals surface area contributed by atoms with Gasteiger partial charge in [-0.05, 0) is 92.8 Å². The van der Waals surface area contributed by atoms with Gasteiger partial charge < -0.3 is 15.4 Å². The van der Waals surface area contributed by atoms with Crippen LogP contribution in [0.2, 0.25) is 0 Å². The molecule has 2 atom stereocenters. The number of nitrogens with zero attached hydrogens (tertiary/aromatic N) is 3. The number of piperidine rings is 1. The van der Waals surface area contributed by atoms with Crippen molar-refractivity contribution in [2.24, 2.45) is 5.41 Å². The second kappa shape index (κ2) is 9.88. The van der Waals surface area contributed by atoms with Crippen LogP contribution >= 0.6 is 0 Å². The zero-order valence-corrected chi connectivity index (χ0v) is 22.8. The second-order valence-corrected chi connectivity index (χ2v) is 11.9. The third-order valence-electron chi connectivity index (χ3n) is 6.39. The summed E-state index contributed by atoms with van der Waals surface area (Å²) < 4.78 is 23.3. The van der Waals surface area contributed by atoms with Crippen molar-refractivity contribution in [2.75, 3.05) is 11.9 Å². The van der Waals surface area contributed by atoms with Crippen LogP contribution in [0.4, 0.5) is 16.0 Å². The number of rotatable bonds is 6. The SMILES string of the molecule is CCc1cc(Nc2cc(C)n(C(C)(C)C)n2)nc(CC2(C(=O)OC(C)(C)C)CCNC(C)C2)c1F. The Balaban J connectivity index is 1.99. The first kappa shape index (κ1) is 27.1. The Hall–Kier alpha value is -2.48. The van der Waals surface area contributed by atoms with Gasteiger partial charge in [0.1, 0.15) is 17.2 Å². The van der Waals surface area contributed by atoms with Gasteiger partial charge in [-0.25, -0.2) is 9.37 Å². The Labute approximate surface area is 209 Å². The van der Waals surface area contributed by atoms with Crippen molar-refractivity contribution in [3.05, 3.63) is 34.9 Å². The van der Waals surface area contributed by atoms with E-state index in [4.69, 9.17) is 4.74 Å². The topological polar surface area (TPSA) is 81.1 Å². The number of pyridine rings is 1. The maximum atomic E-state index is 15.6. The van der Waals surface area contributed by atoms with Crippen molar-refractivity contribution in [2.45, 2.75) is 105 Å². The van der Waals surface area contributed by atoms with Crippen LogP contribution in [0.15, 0.2) is 12.1 Å². The molecule has 2 N–H and O–H groups in total. The number of carbonyl (C=O) groups excluding carboxylic acids is 1. The molecule has 3 rings (SSSR count).